The minimum absolute atomic E-state index is 0.0309. The molecular formula is C22H21NO2. The molecular weight excluding hydrogens is 310 g/mol. The predicted molar refractivity (Wildman–Crippen MR) is 102 cm³/mol. The van der Waals surface area contributed by atoms with Crippen molar-refractivity contribution in [3.05, 3.63) is 84.4 Å². The van der Waals surface area contributed by atoms with Crippen LogP contribution in [0.15, 0.2) is 78.9 Å². The lowest BCUT2D eigenvalue weighted by Gasteiger charge is -2.08. The first-order chi connectivity index (χ1) is 12.2. The van der Waals surface area contributed by atoms with Crippen LogP contribution in [0.5, 0.6) is 5.75 Å². The lowest BCUT2D eigenvalue weighted by molar-refractivity contribution is -0.115. The molecule has 1 amide bonds. The Morgan fingerprint density at radius 1 is 0.840 bits per heavy atom. The molecule has 3 aromatic rings. The molecule has 0 heterocycles. The van der Waals surface area contributed by atoms with E-state index < -0.39 is 0 Å². The lowest BCUT2D eigenvalue weighted by Crippen LogP contribution is -2.14. The summed E-state index contributed by atoms with van der Waals surface area (Å²) in [6.45, 7) is 2.57. The Hall–Kier alpha value is -3.07. The first-order valence-corrected chi connectivity index (χ1v) is 8.41. The van der Waals surface area contributed by atoms with Gasteiger partial charge in [-0.25, -0.2) is 0 Å². The summed E-state index contributed by atoms with van der Waals surface area (Å²) in [5.74, 6) is 0.772. The van der Waals surface area contributed by atoms with E-state index in [1.807, 2.05) is 61.5 Å². The summed E-state index contributed by atoms with van der Waals surface area (Å²) in [6, 6.07) is 25.7. The van der Waals surface area contributed by atoms with Gasteiger partial charge in [-0.3, -0.25) is 4.79 Å². The fraction of sp³-hybridized carbons (Fsp3) is 0.136. The normalized spacial score (nSPS) is 10.3. The molecule has 0 aliphatic carbocycles. The predicted octanol–water partition coefficient (Wildman–Crippen LogP) is 4.93. The van der Waals surface area contributed by atoms with Crippen molar-refractivity contribution in [3.8, 4) is 16.9 Å². The molecule has 126 valence electrons. The number of benzene rings is 3. The summed E-state index contributed by atoms with van der Waals surface area (Å²) in [6.07, 6.45) is 0.349. The Balaban J connectivity index is 1.59. The topological polar surface area (TPSA) is 38.3 Å². The highest BCUT2D eigenvalue weighted by Gasteiger charge is 2.05. The van der Waals surface area contributed by atoms with Crippen molar-refractivity contribution in [1.29, 1.82) is 0 Å². The highest BCUT2D eigenvalue weighted by Crippen LogP contribution is 2.20. The number of anilines is 1. The minimum atomic E-state index is -0.0309. The van der Waals surface area contributed by atoms with Gasteiger partial charge in [-0.15, -0.1) is 0 Å². The van der Waals surface area contributed by atoms with Crippen LogP contribution in [0, 0.1) is 0 Å². The van der Waals surface area contributed by atoms with E-state index in [2.05, 4.69) is 29.6 Å². The van der Waals surface area contributed by atoms with E-state index in [1.165, 1.54) is 5.56 Å². The van der Waals surface area contributed by atoms with Crippen LogP contribution in [0.25, 0.3) is 11.1 Å². The molecule has 3 aromatic carbocycles. The van der Waals surface area contributed by atoms with Crippen molar-refractivity contribution in [2.24, 2.45) is 0 Å². The van der Waals surface area contributed by atoms with E-state index in [4.69, 9.17) is 4.74 Å². The molecule has 1 N–H and O–H groups in total. The van der Waals surface area contributed by atoms with Crippen molar-refractivity contribution in [2.45, 2.75) is 13.3 Å². The number of nitrogens with one attached hydrogen (secondary N) is 1. The number of amides is 1. The van der Waals surface area contributed by atoms with Crippen LogP contribution in [0.2, 0.25) is 0 Å². The van der Waals surface area contributed by atoms with Crippen molar-refractivity contribution in [1.82, 2.24) is 0 Å². The molecule has 0 aromatic heterocycles. The van der Waals surface area contributed by atoms with Gasteiger partial charge in [0.2, 0.25) is 5.91 Å². The number of carbonyl (C=O) groups is 1. The first-order valence-electron chi connectivity index (χ1n) is 8.41. The summed E-state index contributed by atoms with van der Waals surface area (Å²) in [7, 11) is 0. The fourth-order valence-electron chi connectivity index (χ4n) is 2.64. The average molecular weight is 331 g/mol. The molecule has 0 bridgehead atoms. The monoisotopic (exact) mass is 331 g/mol. The van der Waals surface area contributed by atoms with Gasteiger partial charge in [-0.05, 0) is 47.9 Å². The molecule has 3 heteroatoms. The Morgan fingerprint density at radius 3 is 2.12 bits per heavy atom. The SMILES string of the molecule is CCOc1ccc(NC(=O)Cc2ccc(-c3ccccc3)cc2)cc1. The maximum absolute atomic E-state index is 12.2. The summed E-state index contributed by atoms with van der Waals surface area (Å²) in [5.41, 5.74) is 4.08. The molecule has 0 spiro atoms. The second kappa shape index (κ2) is 8.15. The van der Waals surface area contributed by atoms with Gasteiger partial charge in [0.15, 0.2) is 0 Å². The molecule has 0 unspecified atom stereocenters. The maximum atomic E-state index is 12.2. The highest BCUT2D eigenvalue weighted by atomic mass is 16.5. The summed E-state index contributed by atoms with van der Waals surface area (Å²) >= 11 is 0. The molecule has 0 radical (unpaired) electrons. The molecule has 3 nitrogen and oxygen atoms in total. The number of carbonyl (C=O) groups excluding carboxylic acids is 1. The average Bonchev–Trinajstić information content (AvgIpc) is 2.65. The number of ether oxygens (including phenoxy) is 1. The van der Waals surface area contributed by atoms with Gasteiger partial charge >= 0.3 is 0 Å². The van der Waals surface area contributed by atoms with E-state index in [0.29, 0.717) is 13.0 Å². The summed E-state index contributed by atoms with van der Waals surface area (Å²) < 4.78 is 5.40. The highest BCUT2D eigenvalue weighted by molar-refractivity contribution is 5.92. The second-order valence-electron chi connectivity index (χ2n) is 5.75. The van der Waals surface area contributed by atoms with Gasteiger partial charge in [0.05, 0.1) is 13.0 Å². The summed E-state index contributed by atoms with van der Waals surface area (Å²) in [5, 5.41) is 2.91. The smallest absolute Gasteiger partial charge is 0.228 e. The Labute approximate surface area is 148 Å². The third kappa shape index (κ3) is 4.70. The molecule has 0 saturated heterocycles. The number of hydrogen-bond acceptors (Lipinski definition) is 2. The van der Waals surface area contributed by atoms with Crippen LogP contribution < -0.4 is 10.1 Å². The Kier molecular flexibility index (Phi) is 5.47. The lowest BCUT2D eigenvalue weighted by atomic mass is 10.0. The van der Waals surface area contributed by atoms with Crippen LogP contribution >= 0.6 is 0 Å². The molecule has 0 aliphatic rings. The van der Waals surface area contributed by atoms with Crippen LogP contribution in [0.1, 0.15) is 12.5 Å². The van der Waals surface area contributed by atoms with Gasteiger partial charge in [0.1, 0.15) is 5.75 Å². The first kappa shape index (κ1) is 16.8. The number of hydrogen-bond donors (Lipinski definition) is 1. The van der Waals surface area contributed by atoms with Crippen molar-refractivity contribution < 1.29 is 9.53 Å². The van der Waals surface area contributed by atoms with Crippen LogP contribution in [-0.4, -0.2) is 12.5 Å². The summed E-state index contributed by atoms with van der Waals surface area (Å²) in [4.78, 5) is 12.2. The molecule has 25 heavy (non-hydrogen) atoms. The van der Waals surface area contributed by atoms with Gasteiger partial charge in [-0.2, -0.15) is 0 Å². The maximum Gasteiger partial charge on any atom is 0.228 e. The van der Waals surface area contributed by atoms with E-state index in [1.54, 1.807) is 0 Å². The Bertz CT molecular complexity index is 809. The van der Waals surface area contributed by atoms with Crippen LogP contribution in [0.3, 0.4) is 0 Å². The second-order valence-corrected chi connectivity index (χ2v) is 5.75. The van der Waals surface area contributed by atoms with Crippen molar-refractivity contribution in [2.75, 3.05) is 11.9 Å². The Morgan fingerprint density at radius 2 is 1.48 bits per heavy atom. The number of rotatable bonds is 6. The van der Waals surface area contributed by atoms with E-state index in [-0.39, 0.29) is 5.91 Å². The van der Waals surface area contributed by atoms with Gasteiger partial charge in [0, 0.05) is 5.69 Å². The van der Waals surface area contributed by atoms with E-state index in [9.17, 15) is 4.79 Å². The standard InChI is InChI=1S/C22H21NO2/c1-2-25-21-14-12-20(13-15-21)23-22(24)16-17-8-10-19(11-9-17)18-6-4-3-5-7-18/h3-15H,2,16H2,1H3,(H,23,24). The quantitative estimate of drug-likeness (QED) is 0.695. The molecule has 0 fully saturated rings. The minimum Gasteiger partial charge on any atom is -0.494 e. The van der Waals surface area contributed by atoms with Crippen molar-refractivity contribution >= 4 is 11.6 Å². The molecule has 3 rings (SSSR count). The third-order valence-electron chi connectivity index (χ3n) is 3.87. The van der Waals surface area contributed by atoms with Crippen LogP contribution in [-0.2, 0) is 11.2 Å². The van der Waals surface area contributed by atoms with E-state index >= 15 is 0 Å². The zero-order valence-corrected chi connectivity index (χ0v) is 14.2. The fourth-order valence-corrected chi connectivity index (χ4v) is 2.64. The van der Waals surface area contributed by atoms with Gasteiger partial charge in [-0.1, -0.05) is 54.6 Å². The van der Waals surface area contributed by atoms with Gasteiger partial charge < -0.3 is 10.1 Å². The largest absolute Gasteiger partial charge is 0.494 e. The van der Waals surface area contributed by atoms with E-state index in [0.717, 1.165) is 22.6 Å². The van der Waals surface area contributed by atoms with Crippen LogP contribution in [0.4, 0.5) is 5.69 Å². The molecule has 0 aliphatic heterocycles. The van der Waals surface area contributed by atoms with Crippen molar-refractivity contribution in [3.63, 3.8) is 0 Å². The van der Waals surface area contributed by atoms with Gasteiger partial charge in [0.25, 0.3) is 0 Å². The molecule has 0 atom stereocenters. The zero-order valence-electron chi connectivity index (χ0n) is 14.2. The third-order valence-corrected chi connectivity index (χ3v) is 3.87. The zero-order chi connectivity index (χ0) is 17.5. The molecule has 0 saturated carbocycles.